The molecular formula is C23H33N3O. The van der Waals surface area contributed by atoms with E-state index >= 15 is 0 Å². The van der Waals surface area contributed by atoms with Gasteiger partial charge in [0.2, 0.25) is 5.91 Å². The number of carbonyl (C=O) groups is 1. The average molecular weight is 368 g/mol. The Morgan fingerprint density at radius 2 is 1.85 bits per heavy atom. The predicted molar refractivity (Wildman–Crippen MR) is 114 cm³/mol. The Morgan fingerprint density at radius 3 is 2.59 bits per heavy atom. The minimum absolute atomic E-state index is 0.132. The van der Waals surface area contributed by atoms with Crippen molar-refractivity contribution in [1.82, 2.24) is 4.90 Å². The fourth-order valence-corrected chi connectivity index (χ4v) is 3.73. The lowest BCUT2D eigenvalue weighted by Gasteiger charge is -2.36. The third-order valence-electron chi connectivity index (χ3n) is 5.51. The van der Waals surface area contributed by atoms with Gasteiger partial charge in [-0.15, -0.1) is 0 Å². The van der Waals surface area contributed by atoms with Crippen LogP contribution in [0.5, 0.6) is 0 Å². The molecule has 1 fully saturated rings. The number of hydrogen-bond donors (Lipinski definition) is 1. The third kappa shape index (κ3) is 5.70. The zero-order valence-corrected chi connectivity index (χ0v) is 17.1. The number of fused-ring (bicyclic) bond motifs is 1. The van der Waals surface area contributed by atoms with E-state index in [0.29, 0.717) is 6.42 Å². The molecule has 0 aromatic heterocycles. The van der Waals surface area contributed by atoms with Gasteiger partial charge in [0.25, 0.3) is 0 Å². The van der Waals surface area contributed by atoms with Crippen molar-refractivity contribution in [3.8, 4) is 0 Å². The van der Waals surface area contributed by atoms with Gasteiger partial charge >= 0.3 is 0 Å². The Bertz CT molecular complexity index is 723. The summed E-state index contributed by atoms with van der Waals surface area (Å²) in [6, 6.07) is 6.47. The normalized spacial score (nSPS) is 18.1. The molecule has 2 aliphatic rings. The van der Waals surface area contributed by atoms with Crippen molar-refractivity contribution in [3.05, 3.63) is 47.1 Å². The maximum atomic E-state index is 11.5. The van der Waals surface area contributed by atoms with Crippen molar-refractivity contribution in [2.45, 2.75) is 46.5 Å². The smallest absolute Gasteiger partial charge is 0.224 e. The number of benzene rings is 1. The fraction of sp³-hybridized carbons (Fsp3) is 0.522. The number of aryl methyl sites for hydroxylation is 1. The summed E-state index contributed by atoms with van der Waals surface area (Å²) >= 11 is 0. The summed E-state index contributed by atoms with van der Waals surface area (Å²) in [6.07, 6.45) is 8.49. The number of amides is 1. The molecule has 0 aliphatic carbocycles. The number of piperazine rings is 1. The highest BCUT2D eigenvalue weighted by atomic mass is 16.1. The third-order valence-corrected chi connectivity index (χ3v) is 5.51. The second kappa shape index (κ2) is 9.23. The molecule has 0 atom stereocenters. The Balaban J connectivity index is 1.48. The van der Waals surface area contributed by atoms with Crippen molar-refractivity contribution in [3.63, 3.8) is 0 Å². The van der Waals surface area contributed by atoms with Gasteiger partial charge in [-0.1, -0.05) is 23.3 Å². The lowest BCUT2D eigenvalue weighted by molar-refractivity contribution is -0.116. The highest BCUT2D eigenvalue weighted by Gasteiger charge is 2.19. The van der Waals surface area contributed by atoms with Crippen LogP contribution in [0, 0.1) is 0 Å². The van der Waals surface area contributed by atoms with Crippen molar-refractivity contribution in [2.75, 3.05) is 42.9 Å². The Morgan fingerprint density at radius 1 is 1.07 bits per heavy atom. The van der Waals surface area contributed by atoms with E-state index < -0.39 is 0 Å². The minimum atomic E-state index is 0.132. The summed E-state index contributed by atoms with van der Waals surface area (Å²) < 4.78 is 0. The molecule has 1 saturated heterocycles. The van der Waals surface area contributed by atoms with Gasteiger partial charge in [0, 0.05) is 50.5 Å². The van der Waals surface area contributed by atoms with Crippen LogP contribution in [0.4, 0.5) is 11.4 Å². The van der Waals surface area contributed by atoms with E-state index in [9.17, 15) is 4.79 Å². The summed E-state index contributed by atoms with van der Waals surface area (Å²) in [5.74, 6) is 0.132. The molecule has 1 amide bonds. The number of carbonyl (C=O) groups excluding carboxylic acids is 1. The summed E-state index contributed by atoms with van der Waals surface area (Å²) in [6.45, 7) is 12.0. The summed E-state index contributed by atoms with van der Waals surface area (Å²) in [7, 11) is 0. The molecule has 0 unspecified atom stereocenters. The molecule has 0 saturated carbocycles. The van der Waals surface area contributed by atoms with E-state index in [1.54, 1.807) is 0 Å². The van der Waals surface area contributed by atoms with Gasteiger partial charge in [0.15, 0.2) is 0 Å². The van der Waals surface area contributed by atoms with E-state index in [-0.39, 0.29) is 5.91 Å². The van der Waals surface area contributed by atoms with Crippen LogP contribution in [0.15, 0.2) is 41.5 Å². The van der Waals surface area contributed by atoms with Gasteiger partial charge in [-0.3, -0.25) is 9.69 Å². The zero-order chi connectivity index (χ0) is 19.2. The quantitative estimate of drug-likeness (QED) is 0.758. The molecule has 4 nitrogen and oxygen atoms in total. The zero-order valence-electron chi connectivity index (χ0n) is 17.1. The van der Waals surface area contributed by atoms with Crippen LogP contribution in [0.25, 0.3) is 0 Å². The molecule has 1 N–H and O–H groups in total. The monoisotopic (exact) mass is 367 g/mol. The Labute approximate surface area is 163 Å². The molecule has 27 heavy (non-hydrogen) atoms. The molecule has 0 spiro atoms. The molecule has 1 aromatic carbocycles. The Hall–Kier alpha value is -2.07. The van der Waals surface area contributed by atoms with Crippen LogP contribution in [0.2, 0.25) is 0 Å². The number of rotatable bonds is 6. The molecule has 2 heterocycles. The average Bonchev–Trinajstić information content (AvgIpc) is 2.66. The van der Waals surface area contributed by atoms with Crippen LogP contribution < -0.4 is 10.2 Å². The van der Waals surface area contributed by atoms with Gasteiger partial charge in [-0.05, 0) is 63.8 Å². The van der Waals surface area contributed by atoms with Gasteiger partial charge in [0.1, 0.15) is 0 Å². The largest absolute Gasteiger partial charge is 0.369 e. The number of nitrogens with one attached hydrogen (secondary N) is 1. The number of hydrogen-bond acceptors (Lipinski definition) is 3. The first-order chi connectivity index (χ1) is 13.0. The molecule has 0 bridgehead atoms. The molecule has 2 aliphatic heterocycles. The van der Waals surface area contributed by atoms with Gasteiger partial charge in [0.05, 0.1) is 0 Å². The first-order valence-corrected chi connectivity index (χ1v) is 10.2. The van der Waals surface area contributed by atoms with Crippen LogP contribution in [0.1, 0.15) is 45.6 Å². The summed E-state index contributed by atoms with van der Waals surface area (Å²) in [5.41, 5.74) is 6.44. The van der Waals surface area contributed by atoms with E-state index in [2.05, 4.69) is 66.2 Å². The SMILES string of the molecule is CC(C)=CCCC(C)=CCN1CCN(c2ccc3c(c2)CCC(=O)N3)CC1. The molecular weight excluding hydrogens is 334 g/mol. The van der Waals surface area contributed by atoms with Crippen molar-refractivity contribution >= 4 is 17.3 Å². The maximum absolute atomic E-state index is 11.5. The maximum Gasteiger partial charge on any atom is 0.224 e. The van der Waals surface area contributed by atoms with Crippen molar-refractivity contribution in [2.24, 2.45) is 0 Å². The lowest BCUT2D eigenvalue weighted by atomic mass is 10.0. The second-order valence-electron chi connectivity index (χ2n) is 8.05. The second-order valence-corrected chi connectivity index (χ2v) is 8.05. The van der Waals surface area contributed by atoms with E-state index in [4.69, 9.17) is 0 Å². The van der Waals surface area contributed by atoms with E-state index in [1.165, 1.54) is 22.4 Å². The lowest BCUT2D eigenvalue weighted by Crippen LogP contribution is -2.46. The van der Waals surface area contributed by atoms with E-state index in [1.807, 2.05) is 0 Å². The minimum Gasteiger partial charge on any atom is -0.369 e. The van der Waals surface area contributed by atoms with Crippen molar-refractivity contribution in [1.29, 1.82) is 0 Å². The fourth-order valence-electron chi connectivity index (χ4n) is 3.73. The van der Waals surface area contributed by atoms with Crippen LogP contribution >= 0.6 is 0 Å². The first kappa shape index (κ1) is 19.7. The number of allylic oxidation sites excluding steroid dienone is 3. The van der Waals surface area contributed by atoms with Crippen molar-refractivity contribution < 1.29 is 4.79 Å². The molecule has 3 rings (SSSR count). The van der Waals surface area contributed by atoms with Crippen LogP contribution in [-0.2, 0) is 11.2 Å². The number of anilines is 2. The number of nitrogens with zero attached hydrogens (tertiary/aromatic N) is 2. The predicted octanol–water partition coefficient (Wildman–Crippen LogP) is 4.39. The highest BCUT2D eigenvalue weighted by molar-refractivity contribution is 5.94. The summed E-state index contributed by atoms with van der Waals surface area (Å²) in [4.78, 5) is 16.5. The van der Waals surface area contributed by atoms with Crippen LogP contribution in [0.3, 0.4) is 0 Å². The molecule has 4 heteroatoms. The first-order valence-electron chi connectivity index (χ1n) is 10.2. The Kier molecular flexibility index (Phi) is 6.73. The van der Waals surface area contributed by atoms with Gasteiger partial charge in [-0.25, -0.2) is 0 Å². The molecule has 0 radical (unpaired) electrons. The van der Waals surface area contributed by atoms with Gasteiger partial charge < -0.3 is 10.2 Å². The highest BCUT2D eigenvalue weighted by Crippen LogP contribution is 2.28. The van der Waals surface area contributed by atoms with E-state index in [0.717, 1.165) is 57.7 Å². The van der Waals surface area contributed by atoms with Crippen LogP contribution in [-0.4, -0.2) is 43.5 Å². The standard InChI is InChI=1S/C23H33N3O/c1-18(2)5-4-6-19(3)11-12-25-13-15-26(16-14-25)21-8-9-22-20(17-21)7-10-23(27)24-22/h5,8-9,11,17H,4,6-7,10,12-16H2,1-3H3,(H,24,27). The summed E-state index contributed by atoms with van der Waals surface area (Å²) in [5, 5.41) is 2.97. The molecule has 1 aromatic rings. The topological polar surface area (TPSA) is 35.6 Å². The van der Waals surface area contributed by atoms with Gasteiger partial charge in [-0.2, -0.15) is 0 Å². The molecule has 146 valence electrons.